The molecule has 0 aliphatic heterocycles. The van der Waals surface area contributed by atoms with Crippen LogP contribution in [0.15, 0.2) is 60.1 Å². The molecule has 2 heterocycles. The number of nitrogens with zero attached hydrogens (tertiary/aromatic N) is 3. The number of rotatable bonds is 8. The molecule has 0 saturated heterocycles. The second-order valence-corrected chi connectivity index (χ2v) is 8.17. The van der Waals surface area contributed by atoms with Crippen molar-refractivity contribution in [2.45, 2.75) is 13.3 Å². The fourth-order valence-electron chi connectivity index (χ4n) is 3.37. The molecular formula is C24H24N4O3S. The minimum absolute atomic E-state index is 0.191. The molecule has 1 amide bonds. The van der Waals surface area contributed by atoms with Crippen LogP contribution in [0.4, 0.5) is 0 Å². The quantitative estimate of drug-likeness (QED) is 0.435. The third kappa shape index (κ3) is 4.65. The van der Waals surface area contributed by atoms with E-state index in [1.165, 1.54) is 0 Å². The molecule has 7 nitrogen and oxygen atoms in total. The molecule has 0 aliphatic carbocycles. The summed E-state index contributed by atoms with van der Waals surface area (Å²) in [6, 6.07) is 15.2. The van der Waals surface area contributed by atoms with Crippen LogP contribution >= 0.6 is 11.3 Å². The number of para-hydroxylation sites is 1. The molecule has 4 rings (SSSR count). The molecule has 0 aliphatic rings. The highest BCUT2D eigenvalue weighted by atomic mass is 32.1. The summed E-state index contributed by atoms with van der Waals surface area (Å²) in [5.41, 5.74) is 3.66. The van der Waals surface area contributed by atoms with Crippen molar-refractivity contribution in [2.24, 2.45) is 0 Å². The van der Waals surface area contributed by atoms with E-state index in [1.807, 2.05) is 60.8 Å². The number of thiazole rings is 1. The zero-order chi connectivity index (χ0) is 22.5. The van der Waals surface area contributed by atoms with Gasteiger partial charge < -0.3 is 14.8 Å². The van der Waals surface area contributed by atoms with Crippen LogP contribution in [0.1, 0.15) is 21.1 Å². The van der Waals surface area contributed by atoms with Crippen molar-refractivity contribution in [2.75, 3.05) is 20.8 Å². The number of aromatic nitrogens is 3. The third-order valence-electron chi connectivity index (χ3n) is 4.97. The average Bonchev–Trinajstić information content (AvgIpc) is 3.45. The van der Waals surface area contributed by atoms with Crippen molar-refractivity contribution >= 4 is 17.2 Å². The van der Waals surface area contributed by atoms with E-state index in [-0.39, 0.29) is 5.91 Å². The molecule has 164 valence electrons. The number of carbonyl (C=O) groups is 1. The van der Waals surface area contributed by atoms with E-state index in [4.69, 9.17) is 14.6 Å². The maximum Gasteiger partial charge on any atom is 0.255 e. The van der Waals surface area contributed by atoms with Crippen LogP contribution in [0.2, 0.25) is 0 Å². The number of ether oxygens (including phenoxy) is 2. The van der Waals surface area contributed by atoms with Gasteiger partial charge >= 0.3 is 0 Å². The molecule has 32 heavy (non-hydrogen) atoms. The van der Waals surface area contributed by atoms with Gasteiger partial charge in [-0.3, -0.25) is 4.79 Å². The summed E-state index contributed by atoms with van der Waals surface area (Å²) in [7, 11) is 3.17. The monoisotopic (exact) mass is 448 g/mol. The molecule has 0 radical (unpaired) electrons. The number of amides is 1. The van der Waals surface area contributed by atoms with Gasteiger partial charge in [-0.1, -0.05) is 18.2 Å². The normalized spacial score (nSPS) is 10.7. The van der Waals surface area contributed by atoms with E-state index in [2.05, 4.69) is 10.3 Å². The summed E-state index contributed by atoms with van der Waals surface area (Å²) >= 11 is 1.61. The molecular weight excluding hydrogens is 424 g/mol. The fraction of sp³-hybridized carbons (Fsp3) is 0.208. The Bertz CT molecular complexity index is 1220. The average molecular weight is 449 g/mol. The molecule has 1 N–H and O–H groups in total. The minimum Gasteiger partial charge on any atom is -0.493 e. The first kappa shape index (κ1) is 21.6. The lowest BCUT2D eigenvalue weighted by Gasteiger charge is -2.09. The lowest BCUT2D eigenvalue weighted by Crippen LogP contribution is -2.26. The van der Waals surface area contributed by atoms with Gasteiger partial charge in [-0.05, 0) is 37.3 Å². The van der Waals surface area contributed by atoms with E-state index in [1.54, 1.807) is 36.4 Å². The summed E-state index contributed by atoms with van der Waals surface area (Å²) in [6.07, 6.45) is 2.43. The minimum atomic E-state index is -0.191. The number of aryl methyl sites for hydroxylation is 1. The van der Waals surface area contributed by atoms with Crippen LogP contribution in [0.5, 0.6) is 11.5 Å². The topological polar surface area (TPSA) is 78.3 Å². The van der Waals surface area contributed by atoms with Gasteiger partial charge in [0.25, 0.3) is 5.91 Å². The standard InChI is InChI=1S/C24H24N4O3S/c1-16-26-18(15-32-16)11-12-25-24(29)20-14-28(19-7-5-4-6-8-19)27-23(20)17-9-10-21(30-2)22(13-17)31-3/h4-10,13-15H,11-12H2,1-3H3,(H,25,29). The Morgan fingerprint density at radius 3 is 2.56 bits per heavy atom. The Labute approximate surface area is 190 Å². The van der Waals surface area contributed by atoms with Crippen molar-refractivity contribution in [3.63, 3.8) is 0 Å². The van der Waals surface area contributed by atoms with E-state index in [0.717, 1.165) is 22.0 Å². The molecule has 0 bridgehead atoms. The maximum atomic E-state index is 13.1. The fourth-order valence-corrected chi connectivity index (χ4v) is 4.02. The summed E-state index contributed by atoms with van der Waals surface area (Å²) in [5.74, 6) is 0.997. The van der Waals surface area contributed by atoms with Gasteiger partial charge in [-0.25, -0.2) is 9.67 Å². The van der Waals surface area contributed by atoms with Gasteiger partial charge in [0.15, 0.2) is 11.5 Å². The molecule has 0 unspecified atom stereocenters. The van der Waals surface area contributed by atoms with Gasteiger partial charge in [0.05, 0.1) is 36.2 Å². The Hall–Kier alpha value is -3.65. The van der Waals surface area contributed by atoms with Crippen molar-refractivity contribution in [1.29, 1.82) is 0 Å². The molecule has 2 aromatic carbocycles. The zero-order valence-corrected chi connectivity index (χ0v) is 19.0. The number of carbonyl (C=O) groups excluding carboxylic acids is 1. The molecule has 8 heteroatoms. The lowest BCUT2D eigenvalue weighted by molar-refractivity contribution is 0.0954. The van der Waals surface area contributed by atoms with Crippen LogP contribution in [0.3, 0.4) is 0 Å². The molecule has 2 aromatic heterocycles. The summed E-state index contributed by atoms with van der Waals surface area (Å²) in [5, 5.41) is 10.8. The van der Waals surface area contributed by atoms with Crippen molar-refractivity contribution in [3.8, 4) is 28.4 Å². The highest BCUT2D eigenvalue weighted by Crippen LogP contribution is 2.33. The highest BCUT2D eigenvalue weighted by Gasteiger charge is 2.20. The van der Waals surface area contributed by atoms with Gasteiger partial charge in [0.1, 0.15) is 5.69 Å². The van der Waals surface area contributed by atoms with Crippen molar-refractivity contribution in [3.05, 3.63) is 76.4 Å². The first-order valence-corrected chi connectivity index (χ1v) is 11.0. The molecule has 0 fully saturated rings. The Morgan fingerprint density at radius 1 is 1.09 bits per heavy atom. The zero-order valence-electron chi connectivity index (χ0n) is 18.2. The van der Waals surface area contributed by atoms with Crippen LogP contribution in [-0.2, 0) is 6.42 Å². The van der Waals surface area contributed by atoms with Crippen LogP contribution in [-0.4, -0.2) is 41.4 Å². The summed E-state index contributed by atoms with van der Waals surface area (Å²) in [4.78, 5) is 17.6. The first-order valence-electron chi connectivity index (χ1n) is 10.2. The van der Waals surface area contributed by atoms with E-state index < -0.39 is 0 Å². The number of methoxy groups -OCH3 is 2. The van der Waals surface area contributed by atoms with Crippen LogP contribution in [0.25, 0.3) is 16.9 Å². The Morgan fingerprint density at radius 2 is 1.88 bits per heavy atom. The second kappa shape index (κ2) is 9.65. The second-order valence-electron chi connectivity index (χ2n) is 7.11. The molecule has 0 saturated carbocycles. The predicted octanol–water partition coefficient (Wildman–Crippen LogP) is 4.29. The van der Waals surface area contributed by atoms with Crippen molar-refractivity contribution in [1.82, 2.24) is 20.1 Å². The van der Waals surface area contributed by atoms with Crippen LogP contribution < -0.4 is 14.8 Å². The maximum absolute atomic E-state index is 13.1. The van der Waals surface area contributed by atoms with Gasteiger partial charge in [0, 0.05) is 30.1 Å². The van der Waals surface area contributed by atoms with Gasteiger partial charge in [-0.15, -0.1) is 11.3 Å². The van der Waals surface area contributed by atoms with E-state index >= 15 is 0 Å². The number of benzene rings is 2. The number of nitrogens with one attached hydrogen (secondary N) is 1. The summed E-state index contributed by atoms with van der Waals surface area (Å²) in [6.45, 7) is 2.46. The Kier molecular flexibility index (Phi) is 6.51. The number of hydrogen-bond acceptors (Lipinski definition) is 6. The highest BCUT2D eigenvalue weighted by molar-refractivity contribution is 7.09. The first-order chi connectivity index (χ1) is 15.6. The third-order valence-corrected chi connectivity index (χ3v) is 5.79. The molecule has 0 spiro atoms. The summed E-state index contributed by atoms with van der Waals surface area (Å²) < 4.78 is 12.5. The molecule has 4 aromatic rings. The van der Waals surface area contributed by atoms with E-state index in [9.17, 15) is 4.79 Å². The lowest BCUT2D eigenvalue weighted by atomic mass is 10.1. The van der Waals surface area contributed by atoms with Crippen LogP contribution in [0, 0.1) is 6.92 Å². The van der Waals surface area contributed by atoms with Gasteiger partial charge in [0.2, 0.25) is 0 Å². The number of hydrogen-bond donors (Lipinski definition) is 1. The SMILES string of the molecule is COc1ccc(-c2nn(-c3ccccc3)cc2C(=O)NCCc2csc(C)n2)cc1OC. The molecule has 0 atom stereocenters. The van der Waals surface area contributed by atoms with Crippen molar-refractivity contribution < 1.29 is 14.3 Å². The van der Waals surface area contributed by atoms with Gasteiger partial charge in [-0.2, -0.15) is 5.10 Å². The van der Waals surface area contributed by atoms with E-state index in [0.29, 0.717) is 35.7 Å². The predicted molar refractivity (Wildman–Crippen MR) is 125 cm³/mol. The largest absolute Gasteiger partial charge is 0.493 e. The Balaban J connectivity index is 1.65. The smallest absolute Gasteiger partial charge is 0.255 e.